The summed E-state index contributed by atoms with van der Waals surface area (Å²) in [4.78, 5) is 14.2. The fraction of sp³-hybridized carbons (Fsp3) is 0.450. The number of carboxylic acid groups (broad SMARTS) is 1. The van der Waals surface area contributed by atoms with Crippen molar-refractivity contribution in [2.45, 2.75) is 58.3 Å². The van der Waals surface area contributed by atoms with E-state index < -0.39 is 11.7 Å². The van der Waals surface area contributed by atoms with Gasteiger partial charge >= 0.3 is 5.97 Å². The quantitative estimate of drug-likeness (QED) is 0.105. The molecule has 0 aliphatic heterocycles. The van der Waals surface area contributed by atoms with Crippen molar-refractivity contribution in [3.63, 3.8) is 0 Å². The third kappa shape index (κ3) is 14.9. The Morgan fingerprint density at radius 3 is 1.96 bits per heavy atom. The molecule has 0 bridgehead atoms. The van der Waals surface area contributed by atoms with Crippen molar-refractivity contribution in [2.75, 3.05) is 0 Å². The number of aliphatic carboxylic acids is 1. The Labute approximate surface area is 145 Å². The van der Waals surface area contributed by atoms with Crippen LogP contribution in [0.15, 0.2) is 60.4 Å². The first-order valence-electron chi connectivity index (χ1n) is 8.64. The van der Waals surface area contributed by atoms with E-state index in [-0.39, 0.29) is 0 Å². The maximum atomic E-state index is 10.5. The monoisotopic (exact) mass is 334 g/mol. The molecule has 4 heteroatoms. The Morgan fingerprint density at radius 2 is 1.38 bits per heavy atom. The summed E-state index contributed by atoms with van der Waals surface area (Å²) in [6.45, 7) is 2.24. The summed E-state index contributed by atoms with van der Waals surface area (Å²) < 4.78 is 0. The lowest BCUT2D eigenvalue weighted by molar-refractivity contribution is -0.210. The summed E-state index contributed by atoms with van der Waals surface area (Å²) in [5.41, 5.74) is 0. The lowest BCUT2D eigenvalue weighted by atomic mass is 10.1. The topological polar surface area (TPSA) is 66.8 Å². The van der Waals surface area contributed by atoms with Crippen LogP contribution in [0.1, 0.15) is 58.3 Å². The van der Waals surface area contributed by atoms with Gasteiger partial charge in [-0.15, -0.1) is 0 Å². The van der Waals surface area contributed by atoms with Crippen LogP contribution < -0.4 is 0 Å². The smallest absolute Gasteiger partial charge is 0.375 e. The molecule has 134 valence electrons. The molecule has 4 nitrogen and oxygen atoms in total. The van der Waals surface area contributed by atoms with Crippen LogP contribution in [0.2, 0.25) is 0 Å². The van der Waals surface area contributed by atoms with Crippen LogP contribution >= 0.6 is 0 Å². The Morgan fingerprint density at radius 1 is 0.833 bits per heavy atom. The molecule has 0 aromatic carbocycles. The summed E-state index contributed by atoms with van der Waals surface area (Å²) >= 11 is 0. The van der Waals surface area contributed by atoms with E-state index in [1.54, 1.807) is 12.2 Å². The lowest BCUT2D eigenvalue weighted by Gasteiger charge is -1.98. The summed E-state index contributed by atoms with van der Waals surface area (Å²) in [6.07, 6.45) is 26.4. The highest BCUT2D eigenvalue weighted by molar-refractivity contribution is 5.84. The van der Waals surface area contributed by atoms with Gasteiger partial charge in [-0.2, -0.15) is 0 Å². The molecule has 0 atom stereocenters. The molecular formula is C20H30O4. The van der Waals surface area contributed by atoms with Gasteiger partial charge in [0.15, 0.2) is 0 Å². The van der Waals surface area contributed by atoms with Crippen LogP contribution in [0.4, 0.5) is 0 Å². The fourth-order valence-corrected chi connectivity index (χ4v) is 2.00. The Kier molecular flexibility index (Phi) is 15.8. The number of allylic oxidation sites excluding steroid dienone is 9. The molecule has 0 saturated heterocycles. The number of carboxylic acids is 1. The maximum Gasteiger partial charge on any atom is 0.375 e. The number of unbranched alkanes of at least 4 members (excludes halogenated alkanes) is 7. The Hall–Kier alpha value is -2.07. The number of hydrogen-bond acceptors (Lipinski definition) is 3. The number of carbonyl (C=O) groups is 1. The predicted octanol–water partition coefficient (Wildman–Crippen LogP) is 5.81. The zero-order valence-electron chi connectivity index (χ0n) is 14.6. The second kappa shape index (κ2) is 17.3. The molecule has 2 N–H and O–H groups in total. The maximum absolute atomic E-state index is 10.5. The molecule has 0 aromatic rings. The number of rotatable bonds is 14. The van der Waals surface area contributed by atoms with Gasteiger partial charge in [-0.25, -0.2) is 10.1 Å². The highest BCUT2D eigenvalue weighted by Gasteiger charge is 2.05. The van der Waals surface area contributed by atoms with Crippen LogP contribution in [0.25, 0.3) is 0 Å². The Balaban J connectivity index is 3.71. The average Bonchev–Trinajstić information content (AvgIpc) is 2.57. The predicted molar refractivity (Wildman–Crippen MR) is 98.6 cm³/mol. The standard InChI is InChI=1S/C20H30O4/c1-2-3-4-5-6-7-8-9-10-11-12-13-14-15-16-17-18-19(24-23)20(21)22/h10-18,23H,2-9H2,1H3,(H,21,22)/b11-10+,13-12+,15-14+,17-16+,19-18-. The second-order valence-electron chi connectivity index (χ2n) is 5.42. The molecule has 24 heavy (non-hydrogen) atoms. The van der Waals surface area contributed by atoms with E-state index in [1.807, 2.05) is 24.3 Å². The molecule has 0 rings (SSSR count). The highest BCUT2D eigenvalue weighted by Crippen LogP contribution is 2.08. The van der Waals surface area contributed by atoms with Crippen LogP contribution in [-0.2, 0) is 9.68 Å². The first-order chi connectivity index (χ1) is 11.7. The van der Waals surface area contributed by atoms with E-state index in [4.69, 9.17) is 10.4 Å². The third-order valence-corrected chi connectivity index (χ3v) is 3.33. The highest BCUT2D eigenvalue weighted by atomic mass is 17.1. The van der Waals surface area contributed by atoms with E-state index in [2.05, 4.69) is 17.9 Å². The van der Waals surface area contributed by atoms with Gasteiger partial charge in [-0.3, -0.25) is 0 Å². The van der Waals surface area contributed by atoms with Crippen molar-refractivity contribution in [3.8, 4) is 0 Å². The minimum absolute atomic E-state index is 0.525. The van der Waals surface area contributed by atoms with Gasteiger partial charge in [0.2, 0.25) is 5.76 Å². The van der Waals surface area contributed by atoms with Crippen molar-refractivity contribution < 1.29 is 20.0 Å². The second-order valence-corrected chi connectivity index (χ2v) is 5.42. The van der Waals surface area contributed by atoms with Gasteiger partial charge in [0.05, 0.1) is 0 Å². The normalized spacial score (nSPS) is 13.0. The third-order valence-electron chi connectivity index (χ3n) is 3.33. The van der Waals surface area contributed by atoms with E-state index in [0.29, 0.717) is 0 Å². The Bertz CT molecular complexity index is 456. The lowest BCUT2D eigenvalue weighted by Crippen LogP contribution is -2.01. The fourth-order valence-electron chi connectivity index (χ4n) is 2.00. The van der Waals surface area contributed by atoms with Gasteiger partial charge in [0.25, 0.3) is 0 Å². The van der Waals surface area contributed by atoms with Crippen LogP contribution in [0, 0.1) is 0 Å². The van der Waals surface area contributed by atoms with Crippen LogP contribution in [-0.4, -0.2) is 16.3 Å². The molecule has 0 fully saturated rings. The van der Waals surface area contributed by atoms with Crippen molar-refractivity contribution in [3.05, 3.63) is 60.4 Å². The summed E-state index contributed by atoms with van der Waals surface area (Å²) in [5.74, 6) is -1.85. The number of hydrogen-bond donors (Lipinski definition) is 2. The van der Waals surface area contributed by atoms with Crippen molar-refractivity contribution in [1.29, 1.82) is 0 Å². The summed E-state index contributed by atoms with van der Waals surface area (Å²) in [7, 11) is 0. The van der Waals surface area contributed by atoms with E-state index in [9.17, 15) is 4.79 Å². The van der Waals surface area contributed by atoms with Gasteiger partial charge in [0.1, 0.15) is 0 Å². The molecule has 0 radical (unpaired) electrons. The molecule has 0 unspecified atom stereocenters. The first kappa shape index (κ1) is 21.9. The van der Waals surface area contributed by atoms with E-state index in [1.165, 1.54) is 57.1 Å². The summed E-state index contributed by atoms with van der Waals surface area (Å²) in [5, 5.41) is 16.9. The average molecular weight is 334 g/mol. The van der Waals surface area contributed by atoms with Crippen LogP contribution in [0.3, 0.4) is 0 Å². The molecule has 0 heterocycles. The van der Waals surface area contributed by atoms with E-state index in [0.717, 1.165) is 6.42 Å². The molecule has 0 aromatic heterocycles. The SMILES string of the molecule is CCCCCCCCC/C=C/C=C/C=C/C=C/C=C(\OO)C(=O)O. The molecule has 0 aliphatic carbocycles. The van der Waals surface area contributed by atoms with Gasteiger partial charge in [0, 0.05) is 0 Å². The zero-order chi connectivity index (χ0) is 17.9. The minimum atomic E-state index is -1.32. The molecule has 0 amide bonds. The van der Waals surface area contributed by atoms with Crippen molar-refractivity contribution in [1.82, 2.24) is 0 Å². The van der Waals surface area contributed by atoms with E-state index >= 15 is 0 Å². The van der Waals surface area contributed by atoms with Gasteiger partial charge < -0.3 is 9.99 Å². The molecular weight excluding hydrogens is 304 g/mol. The van der Waals surface area contributed by atoms with Crippen molar-refractivity contribution in [2.24, 2.45) is 0 Å². The summed E-state index contributed by atoms with van der Waals surface area (Å²) in [6, 6.07) is 0. The van der Waals surface area contributed by atoms with Gasteiger partial charge in [-0.05, 0) is 18.9 Å². The first-order valence-corrected chi connectivity index (χ1v) is 8.64. The molecule has 0 spiro atoms. The zero-order valence-corrected chi connectivity index (χ0v) is 14.6. The van der Waals surface area contributed by atoms with Crippen LogP contribution in [0.5, 0.6) is 0 Å². The largest absolute Gasteiger partial charge is 0.475 e. The molecule has 0 saturated carbocycles. The molecule has 0 aliphatic rings. The van der Waals surface area contributed by atoms with Gasteiger partial charge in [-0.1, -0.05) is 94.1 Å². The minimum Gasteiger partial charge on any atom is -0.475 e. The van der Waals surface area contributed by atoms with Crippen molar-refractivity contribution >= 4 is 5.97 Å².